The van der Waals surface area contributed by atoms with Crippen molar-refractivity contribution in [1.29, 1.82) is 0 Å². The summed E-state index contributed by atoms with van der Waals surface area (Å²) in [5.74, 6) is -1.46. The minimum Gasteiger partial charge on any atom is -0.501 e. The number of aryl methyl sites for hydroxylation is 1. The molecule has 3 aliphatic heterocycles. The van der Waals surface area contributed by atoms with Crippen LogP contribution in [0.1, 0.15) is 60.0 Å². The normalized spacial score (nSPS) is 22.6. The molecule has 1 aromatic carbocycles. The van der Waals surface area contributed by atoms with Crippen molar-refractivity contribution in [3.8, 4) is 5.75 Å². The number of amides is 3. The Bertz CT molecular complexity index is 1450. The van der Waals surface area contributed by atoms with E-state index in [1.54, 1.807) is 33.2 Å². The molecule has 4 aliphatic rings. The van der Waals surface area contributed by atoms with Gasteiger partial charge >= 0.3 is 0 Å². The van der Waals surface area contributed by atoms with E-state index in [1.165, 1.54) is 22.5 Å². The number of hydrogen-bond donors (Lipinski definition) is 5. The molecule has 6 rings (SSSR count). The predicted octanol–water partition coefficient (Wildman–Crippen LogP) is 1.48. The first-order valence-electron chi connectivity index (χ1n) is 13.2. The molecule has 1 aromatic heterocycles. The van der Waals surface area contributed by atoms with Gasteiger partial charge in [-0.2, -0.15) is 0 Å². The highest BCUT2D eigenvalue weighted by Crippen LogP contribution is 2.53. The molecule has 3 amide bonds. The first-order chi connectivity index (χ1) is 19.4. The molecule has 1 fully saturated rings. The molecule has 12 nitrogen and oxygen atoms in total. The van der Waals surface area contributed by atoms with E-state index in [4.69, 9.17) is 0 Å². The quantitative estimate of drug-likeness (QED) is 0.251. The number of rotatable bonds is 6. The number of benzene rings is 1. The molecule has 1 unspecified atom stereocenters. The fourth-order valence-corrected chi connectivity index (χ4v) is 6.11. The van der Waals surface area contributed by atoms with Gasteiger partial charge < -0.3 is 30.8 Å². The summed E-state index contributed by atoms with van der Waals surface area (Å²) in [5, 5.41) is 22.7. The Hall–Kier alpha value is -3.99. The van der Waals surface area contributed by atoms with Crippen molar-refractivity contribution in [2.24, 2.45) is 5.41 Å². The zero-order valence-corrected chi connectivity index (χ0v) is 24.4. The van der Waals surface area contributed by atoms with E-state index in [9.17, 15) is 28.7 Å². The number of nitrogens with one attached hydrogen (secondary N) is 4. The van der Waals surface area contributed by atoms with Crippen LogP contribution >= 0.6 is 8.88 Å². The topological polar surface area (TPSA) is 158 Å². The molecular formula is C27H35FN7O5P. The fourth-order valence-electron chi connectivity index (χ4n) is 5.35. The maximum atomic E-state index is 13.5. The minimum absolute atomic E-state index is 0.0634. The maximum absolute atomic E-state index is 13.5. The van der Waals surface area contributed by atoms with Gasteiger partial charge in [-0.1, -0.05) is 12.1 Å². The Morgan fingerprint density at radius 1 is 1.27 bits per heavy atom. The van der Waals surface area contributed by atoms with Crippen molar-refractivity contribution in [2.75, 3.05) is 14.1 Å². The Kier molecular flexibility index (Phi) is 8.67. The molecular weight excluding hydrogens is 552 g/mol. The van der Waals surface area contributed by atoms with Crippen LogP contribution in [-0.4, -0.2) is 51.9 Å². The van der Waals surface area contributed by atoms with Crippen molar-refractivity contribution < 1.29 is 23.9 Å². The van der Waals surface area contributed by atoms with Gasteiger partial charge in [0.25, 0.3) is 11.5 Å². The Morgan fingerprint density at radius 3 is 2.51 bits per heavy atom. The number of carbonyl (C=O) groups is 3. The van der Waals surface area contributed by atoms with E-state index in [-0.39, 0.29) is 36.1 Å². The van der Waals surface area contributed by atoms with E-state index in [2.05, 4.69) is 25.8 Å². The van der Waals surface area contributed by atoms with Crippen molar-refractivity contribution in [3.05, 3.63) is 68.9 Å². The van der Waals surface area contributed by atoms with Crippen molar-refractivity contribution in [1.82, 2.24) is 35.3 Å². The lowest BCUT2D eigenvalue weighted by Gasteiger charge is -2.42. The predicted molar refractivity (Wildman–Crippen MR) is 151 cm³/mol. The van der Waals surface area contributed by atoms with Crippen LogP contribution in [0.3, 0.4) is 0 Å². The first-order valence-corrected chi connectivity index (χ1v) is 14.2. The molecule has 4 heterocycles. The van der Waals surface area contributed by atoms with Crippen LogP contribution in [-0.2, 0) is 28.2 Å². The summed E-state index contributed by atoms with van der Waals surface area (Å²) < 4.78 is 14.9. The molecule has 14 heteroatoms. The monoisotopic (exact) mass is 587 g/mol. The van der Waals surface area contributed by atoms with E-state index in [0.717, 1.165) is 5.70 Å². The third-order valence-corrected chi connectivity index (χ3v) is 8.69. The van der Waals surface area contributed by atoms with Crippen LogP contribution in [0, 0.1) is 18.2 Å². The van der Waals surface area contributed by atoms with Gasteiger partial charge in [0.2, 0.25) is 18.1 Å². The van der Waals surface area contributed by atoms with Crippen LogP contribution in [0.25, 0.3) is 0 Å². The van der Waals surface area contributed by atoms with Gasteiger partial charge in [0, 0.05) is 51.4 Å². The number of halogens is 1. The van der Waals surface area contributed by atoms with Crippen molar-refractivity contribution in [3.63, 3.8) is 0 Å². The molecule has 0 spiro atoms. The van der Waals surface area contributed by atoms with Gasteiger partial charge in [-0.3, -0.25) is 23.7 Å². The van der Waals surface area contributed by atoms with E-state index in [1.807, 2.05) is 6.20 Å². The standard InChI is InChI=1S/C23H26FN6O4P.C4H9NO/c1-13-8-14(2-3-15(13)24)9-25-19(33)17-18(32)20(34)30-11-22(16-10-27-35-29-16)4-6-23(7-5-22,26-12-31)21(30)28-17;1-4(6)5(2)3/h2-3,8,10,12,27,29,32,35H,4-7,9,11H2,1H3,(H,25,33)(H,26,31);1-3H3. The van der Waals surface area contributed by atoms with Crippen LogP contribution in [0.2, 0.25) is 0 Å². The zero-order chi connectivity index (χ0) is 29.9. The van der Waals surface area contributed by atoms with Crippen LogP contribution in [0.4, 0.5) is 4.39 Å². The summed E-state index contributed by atoms with van der Waals surface area (Å²) in [6, 6.07) is 4.47. The van der Waals surface area contributed by atoms with Crippen molar-refractivity contribution in [2.45, 2.75) is 58.2 Å². The lowest BCUT2D eigenvalue weighted by Crippen LogP contribution is -2.47. The number of aromatic nitrogens is 2. The molecule has 1 atom stereocenters. The minimum atomic E-state index is -0.924. The largest absolute Gasteiger partial charge is 0.501 e. The Labute approximate surface area is 238 Å². The van der Waals surface area contributed by atoms with Crippen LogP contribution in [0.15, 0.2) is 34.9 Å². The Balaban J connectivity index is 0.000000585. The van der Waals surface area contributed by atoms with Gasteiger partial charge in [0.05, 0.1) is 14.4 Å². The second-order valence-electron chi connectivity index (χ2n) is 10.8. The number of fused-ring (bicyclic) bond motifs is 2. The molecule has 220 valence electrons. The van der Waals surface area contributed by atoms with Gasteiger partial charge in [-0.25, -0.2) is 9.37 Å². The summed E-state index contributed by atoms with van der Waals surface area (Å²) in [4.78, 5) is 54.0. The maximum Gasteiger partial charge on any atom is 0.296 e. The number of carbonyl (C=O) groups excluding carboxylic acids is 3. The number of hydrogen-bond acceptors (Lipinski definition) is 8. The second kappa shape index (κ2) is 11.9. The smallest absolute Gasteiger partial charge is 0.296 e. The SMILES string of the molecule is CC(=O)N(C)C.Cc1cc(CNC(=O)c2nc3n(c(=O)c2O)CC2(C4=CNPN4)CCC3(NC=O)CC2)ccc1F. The highest BCUT2D eigenvalue weighted by Gasteiger charge is 2.52. The van der Waals surface area contributed by atoms with Crippen LogP contribution < -0.4 is 26.4 Å². The zero-order valence-electron chi connectivity index (χ0n) is 23.4. The first kappa shape index (κ1) is 30.0. The molecule has 2 aromatic rings. The van der Waals surface area contributed by atoms with E-state index < -0.39 is 28.4 Å². The fraction of sp³-hybridized carbons (Fsp3) is 0.444. The van der Waals surface area contributed by atoms with E-state index >= 15 is 0 Å². The molecule has 0 radical (unpaired) electrons. The molecule has 2 bridgehead atoms. The summed E-state index contributed by atoms with van der Waals surface area (Å²) in [6.45, 7) is 3.48. The molecule has 1 saturated carbocycles. The second-order valence-corrected chi connectivity index (χ2v) is 11.6. The molecule has 1 aliphatic carbocycles. The van der Waals surface area contributed by atoms with Crippen molar-refractivity contribution >= 4 is 27.1 Å². The third kappa shape index (κ3) is 5.90. The summed E-state index contributed by atoms with van der Waals surface area (Å²) >= 11 is 0. The highest BCUT2D eigenvalue weighted by atomic mass is 31.1. The molecule has 0 saturated heterocycles. The summed E-state index contributed by atoms with van der Waals surface area (Å²) in [7, 11) is 3.79. The van der Waals surface area contributed by atoms with E-state index in [0.29, 0.717) is 52.1 Å². The Morgan fingerprint density at radius 2 is 1.95 bits per heavy atom. The lowest BCUT2D eigenvalue weighted by atomic mass is 9.67. The average molecular weight is 588 g/mol. The highest BCUT2D eigenvalue weighted by molar-refractivity contribution is 7.33. The number of allylic oxidation sites excluding steroid dienone is 1. The molecule has 41 heavy (non-hydrogen) atoms. The summed E-state index contributed by atoms with van der Waals surface area (Å²) in [6.07, 6.45) is 4.94. The lowest BCUT2D eigenvalue weighted by molar-refractivity contribution is -0.126. The van der Waals surface area contributed by atoms with Gasteiger partial charge in [-0.05, 0) is 49.8 Å². The third-order valence-electron chi connectivity index (χ3n) is 8.01. The van der Waals surface area contributed by atoms with Gasteiger partial charge in [0.1, 0.15) is 11.6 Å². The number of aromatic hydroxyl groups is 1. The summed E-state index contributed by atoms with van der Waals surface area (Å²) in [5.41, 5.74) is -0.328. The van der Waals surface area contributed by atoms with Gasteiger partial charge in [0.15, 0.2) is 5.69 Å². The van der Waals surface area contributed by atoms with Crippen LogP contribution in [0.5, 0.6) is 5.75 Å². The van der Waals surface area contributed by atoms with Gasteiger partial charge in [-0.15, -0.1) is 0 Å². The number of nitrogens with zero attached hydrogens (tertiary/aromatic N) is 3. The average Bonchev–Trinajstić information content (AvgIpc) is 3.41. The molecule has 5 N–H and O–H groups in total.